The van der Waals surface area contributed by atoms with Gasteiger partial charge < -0.3 is 9.64 Å². The van der Waals surface area contributed by atoms with Crippen molar-refractivity contribution in [2.24, 2.45) is 5.92 Å². The molecule has 25 heavy (non-hydrogen) atoms. The Bertz CT molecular complexity index is 720. The largest absolute Gasteiger partial charge is 0.497 e. The summed E-state index contributed by atoms with van der Waals surface area (Å²) >= 11 is 1.51. The Kier molecular flexibility index (Phi) is 6.76. The van der Waals surface area contributed by atoms with Crippen LogP contribution in [0.2, 0.25) is 0 Å². The molecule has 0 radical (unpaired) electrons. The maximum atomic E-state index is 13.0. The second-order valence-electron chi connectivity index (χ2n) is 6.44. The van der Waals surface area contributed by atoms with Gasteiger partial charge in [-0.25, -0.2) is 4.98 Å². The lowest BCUT2D eigenvalue weighted by atomic mass is 10.1. The van der Waals surface area contributed by atoms with Crippen molar-refractivity contribution in [2.45, 2.75) is 33.7 Å². The third-order valence-corrected chi connectivity index (χ3v) is 4.95. The van der Waals surface area contributed by atoms with E-state index in [0.717, 1.165) is 33.3 Å². The molecule has 0 spiro atoms. The van der Waals surface area contributed by atoms with Gasteiger partial charge in [-0.15, -0.1) is 17.9 Å². The molecule has 0 saturated carbocycles. The van der Waals surface area contributed by atoms with E-state index in [9.17, 15) is 4.79 Å². The molecule has 1 aromatic carbocycles. The molecule has 0 N–H and O–H groups in total. The van der Waals surface area contributed by atoms with E-state index < -0.39 is 0 Å². The van der Waals surface area contributed by atoms with E-state index in [1.54, 1.807) is 18.1 Å². The number of hydrogen-bond acceptors (Lipinski definition) is 4. The topological polar surface area (TPSA) is 42.4 Å². The van der Waals surface area contributed by atoms with Crippen LogP contribution in [0.25, 0.3) is 0 Å². The Morgan fingerprint density at radius 3 is 2.60 bits per heavy atom. The minimum Gasteiger partial charge on any atom is -0.497 e. The molecule has 0 aliphatic rings. The Hall–Kier alpha value is -2.14. The van der Waals surface area contributed by atoms with Crippen molar-refractivity contribution in [1.29, 1.82) is 0 Å². The quantitative estimate of drug-likeness (QED) is 0.653. The van der Waals surface area contributed by atoms with E-state index in [0.29, 0.717) is 19.0 Å². The van der Waals surface area contributed by atoms with Crippen LogP contribution in [-0.4, -0.2) is 29.4 Å². The number of benzene rings is 1. The smallest absolute Gasteiger partial charge is 0.266 e. The fraction of sp³-hybridized carbons (Fsp3) is 0.400. The molecule has 134 valence electrons. The first-order valence-electron chi connectivity index (χ1n) is 8.44. The van der Waals surface area contributed by atoms with Gasteiger partial charge in [0, 0.05) is 19.5 Å². The van der Waals surface area contributed by atoms with Crippen molar-refractivity contribution in [2.75, 3.05) is 13.7 Å². The number of aromatic nitrogens is 1. The predicted molar refractivity (Wildman–Crippen MR) is 103 cm³/mol. The molecule has 4 nitrogen and oxygen atoms in total. The molecule has 1 aromatic heterocycles. The summed E-state index contributed by atoms with van der Waals surface area (Å²) in [4.78, 5) is 20.1. The summed E-state index contributed by atoms with van der Waals surface area (Å²) in [5.41, 5.74) is 1.87. The van der Waals surface area contributed by atoms with Crippen LogP contribution in [0.1, 0.15) is 39.8 Å². The summed E-state index contributed by atoms with van der Waals surface area (Å²) in [7, 11) is 1.64. The van der Waals surface area contributed by atoms with Gasteiger partial charge in [-0.05, 0) is 30.5 Å². The zero-order valence-corrected chi connectivity index (χ0v) is 16.2. The minimum atomic E-state index is 0.0146. The molecular weight excluding hydrogens is 332 g/mol. The highest BCUT2D eigenvalue weighted by molar-refractivity contribution is 7.13. The average Bonchev–Trinajstić information content (AvgIpc) is 2.94. The van der Waals surface area contributed by atoms with Gasteiger partial charge in [0.25, 0.3) is 5.91 Å². The fourth-order valence-corrected chi connectivity index (χ4v) is 3.80. The molecule has 0 bridgehead atoms. The minimum absolute atomic E-state index is 0.0146. The Labute approximate surface area is 154 Å². The van der Waals surface area contributed by atoms with Gasteiger partial charge >= 0.3 is 0 Å². The van der Waals surface area contributed by atoms with Crippen LogP contribution < -0.4 is 4.74 Å². The van der Waals surface area contributed by atoms with Gasteiger partial charge in [0.15, 0.2) is 0 Å². The monoisotopic (exact) mass is 358 g/mol. The Morgan fingerprint density at radius 2 is 2.04 bits per heavy atom. The highest BCUT2D eigenvalue weighted by Gasteiger charge is 2.21. The van der Waals surface area contributed by atoms with Crippen molar-refractivity contribution >= 4 is 17.2 Å². The number of aryl methyl sites for hydroxylation is 1. The SMILES string of the molecule is C=CCN(Cc1ccc(OC)cc1)C(=O)c1sc(CC(C)C)nc1C. The van der Waals surface area contributed by atoms with E-state index in [2.05, 4.69) is 25.4 Å². The van der Waals surface area contributed by atoms with Crippen molar-refractivity contribution in [3.05, 3.63) is 58.1 Å². The van der Waals surface area contributed by atoms with Gasteiger partial charge in [0.05, 0.1) is 17.8 Å². The van der Waals surface area contributed by atoms with Crippen LogP contribution in [0.5, 0.6) is 5.75 Å². The Morgan fingerprint density at radius 1 is 1.36 bits per heavy atom. The molecule has 0 atom stereocenters. The fourth-order valence-electron chi connectivity index (χ4n) is 2.56. The number of ether oxygens (including phenoxy) is 1. The first-order valence-corrected chi connectivity index (χ1v) is 9.25. The highest BCUT2D eigenvalue weighted by Crippen LogP contribution is 2.23. The third kappa shape index (κ3) is 5.16. The van der Waals surface area contributed by atoms with Gasteiger partial charge in [-0.1, -0.05) is 32.1 Å². The first-order chi connectivity index (χ1) is 11.9. The molecule has 1 amide bonds. The van der Waals surface area contributed by atoms with Gasteiger partial charge in [0.2, 0.25) is 0 Å². The molecule has 2 aromatic rings. The number of methoxy groups -OCH3 is 1. The Balaban J connectivity index is 2.19. The molecule has 0 saturated heterocycles. The van der Waals surface area contributed by atoms with Gasteiger partial charge in [-0.3, -0.25) is 4.79 Å². The summed E-state index contributed by atoms with van der Waals surface area (Å²) in [6.45, 7) is 11.0. The number of carbonyl (C=O) groups is 1. The van der Waals surface area contributed by atoms with E-state index >= 15 is 0 Å². The molecule has 5 heteroatoms. The first kappa shape index (κ1) is 19.2. The highest BCUT2D eigenvalue weighted by atomic mass is 32.1. The maximum Gasteiger partial charge on any atom is 0.266 e. The lowest BCUT2D eigenvalue weighted by molar-refractivity contribution is 0.0766. The number of thiazole rings is 1. The number of hydrogen-bond donors (Lipinski definition) is 0. The average molecular weight is 359 g/mol. The number of nitrogens with zero attached hydrogens (tertiary/aromatic N) is 2. The van der Waals surface area contributed by atoms with E-state index in [1.807, 2.05) is 31.2 Å². The standard InChI is InChI=1S/C20H26N2O2S/c1-6-11-22(13-16-7-9-17(24-5)10-8-16)20(23)19-15(4)21-18(25-19)12-14(2)3/h6-10,14H,1,11-13H2,2-5H3. The normalized spacial score (nSPS) is 10.8. The van der Waals surface area contributed by atoms with Crippen molar-refractivity contribution in [3.8, 4) is 5.75 Å². The third-order valence-electron chi connectivity index (χ3n) is 3.79. The number of rotatable bonds is 8. The lowest BCUT2D eigenvalue weighted by Gasteiger charge is -2.21. The van der Waals surface area contributed by atoms with E-state index in [4.69, 9.17) is 4.74 Å². The number of amides is 1. The van der Waals surface area contributed by atoms with Crippen molar-refractivity contribution < 1.29 is 9.53 Å². The van der Waals surface area contributed by atoms with E-state index in [-0.39, 0.29) is 5.91 Å². The second-order valence-corrected chi connectivity index (χ2v) is 7.53. The van der Waals surface area contributed by atoms with Crippen molar-refractivity contribution in [3.63, 3.8) is 0 Å². The van der Waals surface area contributed by atoms with Crippen LogP contribution in [0, 0.1) is 12.8 Å². The predicted octanol–water partition coefficient (Wildman–Crippen LogP) is 4.49. The molecular formula is C20H26N2O2S. The summed E-state index contributed by atoms with van der Waals surface area (Å²) in [6.07, 6.45) is 2.66. The van der Waals surface area contributed by atoms with Crippen LogP contribution in [0.15, 0.2) is 36.9 Å². The lowest BCUT2D eigenvalue weighted by Crippen LogP contribution is -2.30. The van der Waals surface area contributed by atoms with Gasteiger partial charge in [-0.2, -0.15) is 0 Å². The van der Waals surface area contributed by atoms with Crippen LogP contribution >= 0.6 is 11.3 Å². The van der Waals surface area contributed by atoms with Crippen LogP contribution in [0.3, 0.4) is 0 Å². The zero-order chi connectivity index (χ0) is 18.4. The van der Waals surface area contributed by atoms with Crippen LogP contribution in [0.4, 0.5) is 0 Å². The summed E-state index contributed by atoms with van der Waals surface area (Å²) in [6, 6.07) is 7.77. The molecule has 0 aliphatic carbocycles. The zero-order valence-electron chi connectivity index (χ0n) is 15.4. The summed E-state index contributed by atoms with van der Waals surface area (Å²) in [5.74, 6) is 1.35. The van der Waals surface area contributed by atoms with Gasteiger partial charge in [0.1, 0.15) is 10.6 Å². The molecule has 0 fully saturated rings. The van der Waals surface area contributed by atoms with E-state index in [1.165, 1.54) is 11.3 Å². The number of carbonyl (C=O) groups excluding carboxylic acids is 1. The summed E-state index contributed by atoms with van der Waals surface area (Å²) < 4.78 is 5.19. The molecule has 1 heterocycles. The molecule has 0 unspecified atom stereocenters. The second kappa shape index (κ2) is 8.81. The summed E-state index contributed by atoms with van der Waals surface area (Å²) in [5, 5.41) is 1.03. The maximum absolute atomic E-state index is 13.0. The van der Waals surface area contributed by atoms with Crippen molar-refractivity contribution in [1.82, 2.24) is 9.88 Å². The molecule has 2 rings (SSSR count). The molecule has 0 aliphatic heterocycles. The van der Waals surface area contributed by atoms with Crippen LogP contribution in [-0.2, 0) is 13.0 Å².